The molecule has 0 atom stereocenters. The number of hydrogen-bond acceptors (Lipinski definition) is 8. The first-order chi connectivity index (χ1) is 23.3. The highest BCUT2D eigenvalue weighted by atomic mass is 32.1. The number of allylic oxidation sites excluding steroid dienone is 14. The summed E-state index contributed by atoms with van der Waals surface area (Å²) in [6.07, 6.45) is 16.0. The largest absolute Gasteiger partial charge is 0.289 e. The smallest absolute Gasteiger partial charge is 0.194 e. The van der Waals surface area contributed by atoms with Crippen LogP contribution >= 0.6 is 22.7 Å². The maximum absolute atomic E-state index is 13.6. The van der Waals surface area contributed by atoms with Crippen molar-refractivity contribution in [2.24, 2.45) is 0 Å². The van der Waals surface area contributed by atoms with E-state index in [9.17, 15) is 30.6 Å². The Hall–Kier alpha value is -5.38. The third-order valence-corrected chi connectivity index (χ3v) is 12.1. The van der Waals surface area contributed by atoms with E-state index in [0.717, 1.165) is 51.6 Å². The van der Waals surface area contributed by atoms with Gasteiger partial charge in [-0.15, -0.1) is 22.7 Å². The molecule has 3 fully saturated rings. The Balaban J connectivity index is 1.54. The van der Waals surface area contributed by atoms with Gasteiger partial charge in [0, 0.05) is 58.4 Å². The molecule has 0 saturated heterocycles. The van der Waals surface area contributed by atoms with Crippen LogP contribution in [0.5, 0.6) is 0 Å². The van der Waals surface area contributed by atoms with E-state index in [1.54, 1.807) is 74.7 Å². The van der Waals surface area contributed by atoms with Gasteiger partial charge in [-0.05, 0) is 87.1 Å². The molecule has 48 heavy (non-hydrogen) atoms. The molecule has 0 aliphatic heterocycles. The minimum atomic E-state index is -0.199. The van der Waals surface area contributed by atoms with Gasteiger partial charge in [0.2, 0.25) is 0 Å². The Kier molecular flexibility index (Phi) is 8.59. The number of nitrogens with zero attached hydrogens (tertiary/aromatic N) is 4. The molecule has 2 aromatic heterocycles. The lowest BCUT2D eigenvalue weighted by atomic mass is 9.68. The molecular formula is C40H30N4O2S2. The molecular weight excluding hydrogens is 633 g/mol. The van der Waals surface area contributed by atoms with Crippen molar-refractivity contribution >= 4 is 46.4 Å². The average Bonchev–Trinajstić information content (AvgIpc) is 3.88. The van der Waals surface area contributed by atoms with Gasteiger partial charge >= 0.3 is 0 Å². The summed E-state index contributed by atoms with van der Waals surface area (Å²) in [6, 6.07) is 12.3. The monoisotopic (exact) mass is 662 g/mol. The van der Waals surface area contributed by atoms with Gasteiger partial charge in [0.15, 0.2) is 11.6 Å². The van der Waals surface area contributed by atoms with Crippen molar-refractivity contribution in [2.75, 3.05) is 0 Å². The summed E-state index contributed by atoms with van der Waals surface area (Å²) < 4.78 is 0. The number of thiophene rings is 2. The second kappa shape index (κ2) is 12.7. The Bertz CT molecular complexity index is 2080. The van der Waals surface area contributed by atoms with Crippen LogP contribution in [-0.4, -0.2) is 11.6 Å². The first-order valence-corrected chi connectivity index (χ1v) is 17.5. The Morgan fingerprint density at radius 1 is 0.604 bits per heavy atom. The summed E-state index contributed by atoms with van der Waals surface area (Å²) in [5.74, 6) is -0.397. The van der Waals surface area contributed by atoms with Crippen molar-refractivity contribution in [3.8, 4) is 34.0 Å². The number of ketones is 2. The van der Waals surface area contributed by atoms with Crippen LogP contribution in [0.3, 0.4) is 0 Å². The number of Topliss-reactive ketones (excluding diaryl/α,β-unsaturated/α-hetero) is 2. The molecule has 0 amide bonds. The van der Waals surface area contributed by atoms with Gasteiger partial charge in [-0.3, -0.25) is 9.59 Å². The van der Waals surface area contributed by atoms with E-state index in [4.69, 9.17) is 0 Å². The summed E-state index contributed by atoms with van der Waals surface area (Å²) in [5.41, 5.74) is 5.78. The van der Waals surface area contributed by atoms with Gasteiger partial charge in [0.05, 0.1) is 0 Å². The summed E-state index contributed by atoms with van der Waals surface area (Å²) >= 11 is 3.20. The number of nitriles is 4. The Morgan fingerprint density at radius 2 is 0.979 bits per heavy atom. The molecule has 0 unspecified atom stereocenters. The first kappa shape index (κ1) is 32.6. The van der Waals surface area contributed by atoms with Crippen molar-refractivity contribution in [3.05, 3.63) is 113 Å². The topological polar surface area (TPSA) is 129 Å². The van der Waals surface area contributed by atoms with Gasteiger partial charge < -0.3 is 0 Å². The minimum absolute atomic E-state index is 0.0846. The van der Waals surface area contributed by atoms with Gasteiger partial charge in [-0.2, -0.15) is 21.0 Å². The van der Waals surface area contributed by atoms with E-state index >= 15 is 0 Å². The molecule has 2 aromatic rings. The molecule has 3 saturated carbocycles. The predicted molar refractivity (Wildman–Crippen MR) is 189 cm³/mol. The maximum Gasteiger partial charge on any atom is 0.194 e. The molecule has 8 heteroatoms. The third kappa shape index (κ3) is 4.69. The molecule has 2 heterocycles. The van der Waals surface area contributed by atoms with Crippen molar-refractivity contribution in [1.29, 1.82) is 21.0 Å². The van der Waals surface area contributed by atoms with Gasteiger partial charge in [-0.25, -0.2) is 0 Å². The minimum Gasteiger partial charge on any atom is -0.289 e. The highest BCUT2D eigenvalue weighted by Gasteiger charge is 2.47. The molecule has 0 bridgehead atoms. The number of fused-ring (bicyclic) bond motifs is 5. The van der Waals surface area contributed by atoms with Crippen LogP contribution in [-0.2, 0) is 15.0 Å². The van der Waals surface area contributed by atoms with E-state index in [-0.39, 0.29) is 28.1 Å². The lowest BCUT2D eigenvalue weighted by Crippen LogP contribution is -2.27. The molecule has 1 spiro atoms. The Morgan fingerprint density at radius 3 is 1.31 bits per heavy atom. The van der Waals surface area contributed by atoms with E-state index in [0.29, 0.717) is 44.6 Å². The SMILES string of the molecule is CC=C1C(=C(C#N)C#N)/C(=C/c2cc3c(s2)-c2sc(/C=C4\C(=O)/C(=C/C)C(=CC)C4=C(C#N)C#N)cc2C32CCCCC2)C(=O)/C1=C/C. The van der Waals surface area contributed by atoms with Crippen LogP contribution in [0.25, 0.3) is 21.9 Å². The highest BCUT2D eigenvalue weighted by Crippen LogP contribution is 2.61. The summed E-state index contributed by atoms with van der Waals surface area (Å²) in [7, 11) is 0. The molecule has 0 N–H and O–H groups in total. The van der Waals surface area contributed by atoms with Gasteiger partial charge in [-0.1, -0.05) is 43.6 Å². The van der Waals surface area contributed by atoms with Crippen LogP contribution in [0.15, 0.2) is 92.2 Å². The zero-order valence-electron chi connectivity index (χ0n) is 27.1. The molecule has 4 aliphatic carbocycles. The summed E-state index contributed by atoms with van der Waals surface area (Å²) in [4.78, 5) is 31.3. The van der Waals surface area contributed by atoms with Crippen molar-refractivity contribution in [3.63, 3.8) is 0 Å². The second-order valence-electron chi connectivity index (χ2n) is 12.0. The van der Waals surface area contributed by atoms with E-state index in [1.165, 1.54) is 11.1 Å². The second-order valence-corrected chi connectivity index (χ2v) is 14.1. The Labute approximate surface area is 288 Å². The lowest BCUT2D eigenvalue weighted by molar-refractivity contribution is -0.112. The van der Waals surface area contributed by atoms with E-state index < -0.39 is 0 Å². The zero-order valence-corrected chi connectivity index (χ0v) is 28.7. The molecule has 6 rings (SSSR count). The van der Waals surface area contributed by atoms with Crippen molar-refractivity contribution in [2.45, 2.75) is 65.2 Å². The fourth-order valence-corrected chi connectivity index (χ4v) is 10.3. The molecule has 0 radical (unpaired) electrons. The number of carbonyl (C=O) groups is 2. The molecule has 4 aliphatic rings. The number of rotatable bonds is 2. The summed E-state index contributed by atoms with van der Waals surface area (Å²) in [6.45, 7) is 7.17. The third-order valence-electron chi connectivity index (χ3n) is 9.76. The molecule has 6 nitrogen and oxygen atoms in total. The van der Waals surface area contributed by atoms with E-state index in [2.05, 4.69) is 12.1 Å². The number of carbonyl (C=O) groups excluding carboxylic acids is 2. The standard InChI is InChI=1S/C40H30N4O2S2/c1-5-26-28(7-3)36(45)30(34(26)22(18-41)19-42)14-24-16-32-38(47-24)39-33(40(32)12-10-9-11-13-40)17-25(48-39)15-31-35(23(20-43)21-44)27(6-2)29(8-4)37(31)46/h5-8,14-17H,9-13H2,1-4H3/b26-5?,27-6?,28-7+,29-8+,30-14-,31-15-. The fraction of sp³-hybridized carbons (Fsp3) is 0.250. The summed E-state index contributed by atoms with van der Waals surface area (Å²) in [5, 5.41) is 39.1. The number of hydrogen-bond donors (Lipinski definition) is 0. The zero-order chi connectivity index (χ0) is 34.3. The normalized spacial score (nSPS) is 22.9. The van der Waals surface area contributed by atoms with Gasteiger partial charge in [0.1, 0.15) is 35.4 Å². The van der Waals surface area contributed by atoms with Crippen molar-refractivity contribution in [1.82, 2.24) is 0 Å². The maximum atomic E-state index is 13.6. The van der Waals surface area contributed by atoms with Crippen molar-refractivity contribution < 1.29 is 9.59 Å². The fourth-order valence-electron chi connectivity index (χ4n) is 7.72. The predicted octanol–water partition coefficient (Wildman–Crippen LogP) is 9.45. The average molecular weight is 663 g/mol. The lowest BCUT2D eigenvalue weighted by Gasteiger charge is -2.34. The highest BCUT2D eigenvalue weighted by molar-refractivity contribution is 7.23. The van der Waals surface area contributed by atoms with Crippen LogP contribution < -0.4 is 0 Å². The van der Waals surface area contributed by atoms with Crippen LogP contribution in [0.4, 0.5) is 0 Å². The molecule has 0 aromatic carbocycles. The van der Waals surface area contributed by atoms with Gasteiger partial charge in [0.25, 0.3) is 0 Å². The molecule has 234 valence electrons. The first-order valence-electron chi connectivity index (χ1n) is 15.8. The van der Waals surface area contributed by atoms with Crippen LogP contribution in [0.2, 0.25) is 0 Å². The van der Waals surface area contributed by atoms with Crippen LogP contribution in [0.1, 0.15) is 80.7 Å². The van der Waals surface area contributed by atoms with E-state index in [1.807, 2.05) is 36.4 Å². The van der Waals surface area contributed by atoms with Crippen LogP contribution in [0, 0.1) is 45.3 Å². The quantitative estimate of drug-likeness (QED) is 0.233.